The second-order valence-corrected chi connectivity index (χ2v) is 9.39. The molecule has 0 unspecified atom stereocenters. The van der Waals surface area contributed by atoms with Crippen LogP contribution in [0.25, 0.3) is 0 Å². The van der Waals surface area contributed by atoms with E-state index in [0.717, 1.165) is 4.90 Å². The third-order valence-electron chi connectivity index (χ3n) is 4.07. The molecule has 0 atom stereocenters. The summed E-state index contributed by atoms with van der Waals surface area (Å²) in [6, 6.07) is 13.9. The van der Waals surface area contributed by atoms with Gasteiger partial charge in [-0.05, 0) is 29.8 Å². The predicted molar refractivity (Wildman–Crippen MR) is 120 cm³/mol. The van der Waals surface area contributed by atoms with Crippen LogP contribution in [0.5, 0.6) is 0 Å². The summed E-state index contributed by atoms with van der Waals surface area (Å²) in [6.45, 7) is 5.39. The maximum atomic E-state index is 12.8. The van der Waals surface area contributed by atoms with Crippen molar-refractivity contribution in [2.24, 2.45) is 0 Å². The fourth-order valence-corrected chi connectivity index (χ4v) is 4.66. The Morgan fingerprint density at radius 2 is 1.94 bits per heavy atom. The first-order valence-electron chi connectivity index (χ1n) is 9.36. The standard InChI is InChI=1S/C21H22N4O4S2/c1-3-12-22-31(27,28)14-16-8-10-17(11-9-16)24-21(26)18-6-4-5-7-19(18)30-13-20-23-15(2)29-25-20/h3-11,22H,1,12-14H2,2H3,(H,24,26). The molecule has 10 heteroatoms. The normalized spacial score (nSPS) is 11.3. The van der Waals surface area contributed by atoms with E-state index in [0.29, 0.717) is 34.3 Å². The van der Waals surface area contributed by atoms with Crippen LogP contribution in [-0.2, 0) is 21.5 Å². The molecule has 0 spiro atoms. The number of carbonyl (C=O) groups excluding carboxylic acids is 1. The fraction of sp³-hybridized carbons (Fsp3) is 0.190. The summed E-state index contributed by atoms with van der Waals surface area (Å²) in [5.41, 5.74) is 1.70. The zero-order chi connectivity index (χ0) is 22.3. The summed E-state index contributed by atoms with van der Waals surface area (Å²) in [7, 11) is -3.44. The van der Waals surface area contributed by atoms with Crippen LogP contribution in [0, 0.1) is 6.92 Å². The summed E-state index contributed by atoms with van der Waals surface area (Å²) >= 11 is 1.44. The Bertz CT molecular complexity index is 1160. The van der Waals surface area contributed by atoms with Gasteiger partial charge in [-0.1, -0.05) is 35.5 Å². The van der Waals surface area contributed by atoms with E-state index in [2.05, 4.69) is 26.8 Å². The van der Waals surface area contributed by atoms with E-state index < -0.39 is 10.0 Å². The van der Waals surface area contributed by atoms with Crippen molar-refractivity contribution in [1.29, 1.82) is 0 Å². The number of hydrogen-bond donors (Lipinski definition) is 2. The first-order chi connectivity index (χ1) is 14.9. The van der Waals surface area contributed by atoms with Crippen LogP contribution in [-0.4, -0.2) is 31.0 Å². The molecule has 0 bridgehead atoms. The average Bonchev–Trinajstić information content (AvgIpc) is 3.17. The number of sulfonamides is 1. The largest absolute Gasteiger partial charge is 0.340 e. The summed E-state index contributed by atoms with van der Waals surface area (Å²) < 4.78 is 31.3. The number of thioether (sulfide) groups is 1. The van der Waals surface area contributed by atoms with E-state index in [9.17, 15) is 13.2 Å². The Morgan fingerprint density at radius 1 is 1.19 bits per heavy atom. The van der Waals surface area contributed by atoms with Crippen molar-refractivity contribution in [2.75, 3.05) is 11.9 Å². The van der Waals surface area contributed by atoms with Gasteiger partial charge in [0.25, 0.3) is 5.91 Å². The molecule has 162 valence electrons. The molecule has 2 N–H and O–H groups in total. The molecule has 0 fully saturated rings. The van der Waals surface area contributed by atoms with Crippen molar-refractivity contribution in [3.05, 3.63) is 84.0 Å². The summed E-state index contributed by atoms with van der Waals surface area (Å²) in [5, 5.41) is 6.71. The molecular formula is C21H22N4O4S2. The Morgan fingerprint density at radius 3 is 2.61 bits per heavy atom. The van der Waals surface area contributed by atoms with Crippen LogP contribution in [0.2, 0.25) is 0 Å². The molecule has 0 saturated heterocycles. The van der Waals surface area contributed by atoms with E-state index in [1.165, 1.54) is 17.8 Å². The first kappa shape index (κ1) is 22.7. The lowest BCUT2D eigenvalue weighted by Gasteiger charge is -2.10. The lowest BCUT2D eigenvalue weighted by molar-refractivity contribution is 0.102. The maximum absolute atomic E-state index is 12.8. The second kappa shape index (κ2) is 10.4. The fourth-order valence-electron chi connectivity index (χ4n) is 2.66. The van der Waals surface area contributed by atoms with Crippen molar-refractivity contribution < 1.29 is 17.7 Å². The monoisotopic (exact) mass is 458 g/mol. The van der Waals surface area contributed by atoms with Gasteiger partial charge in [0, 0.05) is 24.1 Å². The zero-order valence-corrected chi connectivity index (χ0v) is 18.5. The van der Waals surface area contributed by atoms with E-state index in [-0.39, 0.29) is 18.2 Å². The highest BCUT2D eigenvalue weighted by Gasteiger charge is 2.14. The van der Waals surface area contributed by atoms with Crippen molar-refractivity contribution >= 4 is 33.4 Å². The summed E-state index contributed by atoms with van der Waals surface area (Å²) in [4.78, 5) is 17.7. The van der Waals surface area contributed by atoms with Gasteiger partial charge in [-0.3, -0.25) is 4.79 Å². The number of carbonyl (C=O) groups is 1. The van der Waals surface area contributed by atoms with Crippen LogP contribution >= 0.6 is 11.8 Å². The molecular weight excluding hydrogens is 436 g/mol. The van der Waals surface area contributed by atoms with Crippen molar-refractivity contribution in [2.45, 2.75) is 23.3 Å². The molecule has 1 aromatic heterocycles. The molecule has 3 aromatic rings. The number of anilines is 1. The second-order valence-electron chi connectivity index (χ2n) is 6.56. The minimum atomic E-state index is -3.44. The molecule has 31 heavy (non-hydrogen) atoms. The third kappa shape index (κ3) is 6.78. The van der Waals surface area contributed by atoms with Crippen molar-refractivity contribution in [1.82, 2.24) is 14.9 Å². The highest BCUT2D eigenvalue weighted by Crippen LogP contribution is 2.26. The number of nitrogens with zero attached hydrogens (tertiary/aromatic N) is 2. The Kier molecular flexibility index (Phi) is 7.61. The lowest BCUT2D eigenvalue weighted by atomic mass is 10.2. The number of benzene rings is 2. The average molecular weight is 459 g/mol. The van der Waals surface area contributed by atoms with Gasteiger partial charge in [-0.15, -0.1) is 18.3 Å². The van der Waals surface area contributed by atoms with E-state index in [1.54, 1.807) is 43.3 Å². The van der Waals surface area contributed by atoms with Crippen LogP contribution < -0.4 is 10.0 Å². The SMILES string of the molecule is C=CCNS(=O)(=O)Cc1ccc(NC(=O)c2ccccc2SCc2noc(C)n2)cc1. The Hall–Kier alpha value is -2.95. The lowest BCUT2D eigenvalue weighted by Crippen LogP contribution is -2.25. The first-order valence-corrected chi connectivity index (χ1v) is 12.0. The minimum Gasteiger partial charge on any atom is -0.340 e. The number of rotatable bonds is 10. The van der Waals surface area contributed by atoms with Crippen molar-refractivity contribution in [3.63, 3.8) is 0 Å². The molecule has 0 aliphatic carbocycles. The van der Waals surface area contributed by atoms with Crippen LogP contribution in [0.1, 0.15) is 27.6 Å². The van der Waals surface area contributed by atoms with Gasteiger partial charge in [0.1, 0.15) is 0 Å². The van der Waals surface area contributed by atoms with Crippen molar-refractivity contribution in [3.8, 4) is 0 Å². The summed E-state index contributed by atoms with van der Waals surface area (Å²) in [6.07, 6.45) is 1.48. The molecule has 0 radical (unpaired) electrons. The molecule has 0 aliphatic rings. The Balaban J connectivity index is 1.64. The zero-order valence-electron chi connectivity index (χ0n) is 16.9. The van der Waals surface area contributed by atoms with Gasteiger partial charge >= 0.3 is 0 Å². The maximum Gasteiger partial charge on any atom is 0.256 e. The third-order valence-corrected chi connectivity index (χ3v) is 6.46. The van der Waals surface area contributed by atoms with Gasteiger partial charge in [0.15, 0.2) is 5.82 Å². The van der Waals surface area contributed by atoms with E-state index in [4.69, 9.17) is 4.52 Å². The molecule has 0 aliphatic heterocycles. The number of nitrogens with one attached hydrogen (secondary N) is 2. The number of hydrogen-bond acceptors (Lipinski definition) is 7. The van der Waals surface area contributed by atoms with Gasteiger partial charge in [0.2, 0.25) is 15.9 Å². The summed E-state index contributed by atoms with van der Waals surface area (Å²) in [5.74, 6) is 1.12. The van der Waals surface area contributed by atoms with E-state index >= 15 is 0 Å². The van der Waals surface area contributed by atoms with Gasteiger partial charge < -0.3 is 9.84 Å². The van der Waals surface area contributed by atoms with Gasteiger partial charge in [-0.2, -0.15) is 4.98 Å². The van der Waals surface area contributed by atoms with Crippen LogP contribution in [0.3, 0.4) is 0 Å². The molecule has 2 aromatic carbocycles. The van der Waals surface area contributed by atoms with Gasteiger partial charge in [0.05, 0.1) is 17.1 Å². The van der Waals surface area contributed by atoms with Crippen LogP contribution in [0.15, 0.2) is 70.6 Å². The molecule has 0 saturated carbocycles. The number of aromatic nitrogens is 2. The van der Waals surface area contributed by atoms with Gasteiger partial charge in [-0.25, -0.2) is 13.1 Å². The van der Waals surface area contributed by atoms with Crippen LogP contribution in [0.4, 0.5) is 5.69 Å². The predicted octanol–water partition coefficient (Wildman–Crippen LogP) is 3.53. The molecule has 8 nitrogen and oxygen atoms in total. The smallest absolute Gasteiger partial charge is 0.256 e. The van der Waals surface area contributed by atoms with E-state index in [1.807, 2.05) is 12.1 Å². The Labute approximate surface area is 185 Å². The topological polar surface area (TPSA) is 114 Å². The molecule has 1 amide bonds. The quantitative estimate of drug-likeness (QED) is 0.353. The highest BCUT2D eigenvalue weighted by molar-refractivity contribution is 7.98. The molecule has 1 heterocycles. The highest BCUT2D eigenvalue weighted by atomic mass is 32.2. The number of aryl methyl sites for hydroxylation is 1. The number of amides is 1. The molecule has 3 rings (SSSR count). The minimum absolute atomic E-state index is 0.149.